The molecule has 0 saturated heterocycles. The lowest BCUT2D eigenvalue weighted by Crippen LogP contribution is -2.39. The topological polar surface area (TPSA) is 18.5 Å². The Morgan fingerprint density at radius 2 is 0.824 bits per heavy atom. The van der Waals surface area contributed by atoms with Crippen LogP contribution in [0.3, 0.4) is 0 Å². The van der Waals surface area contributed by atoms with Crippen LogP contribution in [0.5, 0.6) is 0 Å². The average Bonchev–Trinajstić information content (AvgIpc) is 1.92. The summed E-state index contributed by atoms with van der Waals surface area (Å²) in [5, 5.41) is 0. The summed E-state index contributed by atoms with van der Waals surface area (Å²) in [7, 11) is 12.8. The van der Waals surface area contributed by atoms with E-state index in [-0.39, 0.29) is 37.2 Å². The van der Waals surface area contributed by atoms with Crippen LogP contribution in [0.1, 0.15) is 0 Å². The van der Waals surface area contributed by atoms with Crippen molar-refractivity contribution >= 4 is 37.2 Å². The minimum atomic E-state index is 0. The predicted molar refractivity (Wildman–Crippen MR) is 79.4 cm³/mol. The Labute approximate surface area is 125 Å². The molecule has 0 fully saturated rings. The fraction of sp³-hybridized carbons (Fsp3) is 1.00. The number of hydrogen-bond acceptors (Lipinski definition) is 2. The van der Waals surface area contributed by atoms with Crippen molar-refractivity contribution in [3.05, 3.63) is 0 Å². The van der Waals surface area contributed by atoms with Gasteiger partial charge in [0.15, 0.2) is 0 Å². The van der Waals surface area contributed by atoms with Gasteiger partial charge in [0.1, 0.15) is 26.3 Å². The minimum Gasteiger partial charge on any atom is -0.329 e. The van der Waals surface area contributed by atoms with E-state index < -0.39 is 0 Å². The number of nitrogens with zero attached hydrogens (tertiary/aromatic N) is 2. The Morgan fingerprint density at radius 1 is 0.588 bits per heavy atom. The maximum absolute atomic E-state index is 5.08. The summed E-state index contributed by atoms with van der Waals surface area (Å²) in [5.41, 5.74) is 0. The fourth-order valence-corrected chi connectivity index (χ4v) is 0.740. The van der Waals surface area contributed by atoms with Gasteiger partial charge in [0.05, 0.1) is 42.3 Å². The van der Waals surface area contributed by atoms with E-state index in [1.54, 1.807) is 0 Å². The van der Waals surface area contributed by atoms with Crippen molar-refractivity contribution < 1.29 is 18.7 Å². The molecule has 0 aliphatic rings. The first-order chi connectivity index (χ1) is 6.21. The standard InChI is InChI=1S/C10H26N2O2.3ClH/c1-11(2,3)7-9-13-14-10-8-12(4,5)6;;;/h7-10H2,1-6H3;3*1H/q+2;;;. The molecule has 0 unspecified atom stereocenters. The maximum atomic E-state index is 5.08. The van der Waals surface area contributed by atoms with E-state index in [1.165, 1.54) is 0 Å². The second-order valence-electron chi connectivity index (χ2n) is 5.67. The van der Waals surface area contributed by atoms with Gasteiger partial charge in [0.2, 0.25) is 0 Å². The summed E-state index contributed by atoms with van der Waals surface area (Å²) in [4.78, 5) is 10.2. The van der Waals surface area contributed by atoms with Crippen LogP contribution in [-0.2, 0) is 9.78 Å². The van der Waals surface area contributed by atoms with Crippen molar-refractivity contribution in [1.82, 2.24) is 0 Å². The van der Waals surface area contributed by atoms with E-state index in [1.807, 2.05) is 0 Å². The Kier molecular flexibility index (Phi) is 18.2. The van der Waals surface area contributed by atoms with E-state index in [4.69, 9.17) is 9.78 Å². The first kappa shape index (κ1) is 26.3. The summed E-state index contributed by atoms with van der Waals surface area (Å²) in [5.74, 6) is 0. The lowest BCUT2D eigenvalue weighted by Gasteiger charge is -2.24. The Morgan fingerprint density at radius 3 is 1.00 bits per heavy atom. The smallest absolute Gasteiger partial charge is 0.131 e. The molecule has 17 heavy (non-hydrogen) atoms. The van der Waals surface area contributed by atoms with Crippen molar-refractivity contribution in [2.75, 3.05) is 68.6 Å². The summed E-state index contributed by atoms with van der Waals surface area (Å²) < 4.78 is 1.80. The molecule has 0 atom stereocenters. The zero-order chi connectivity index (χ0) is 11.2. The van der Waals surface area contributed by atoms with Crippen LogP contribution in [0.4, 0.5) is 0 Å². The summed E-state index contributed by atoms with van der Waals surface area (Å²) >= 11 is 0. The van der Waals surface area contributed by atoms with Gasteiger partial charge < -0.3 is 8.97 Å². The molecule has 110 valence electrons. The van der Waals surface area contributed by atoms with Gasteiger partial charge in [0.25, 0.3) is 0 Å². The quantitative estimate of drug-likeness (QED) is 0.308. The predicted octanol–water partition coefficient (Wildman–Crippen LogP) is 1.61. The van der Waals surface area contributed by atoms with Gasteiger partial charge in [-0.2, -0.15) is 0 Å². The molecule has 7 heteroatoms. The molecule has 0 N–H and O–H groups in total. The molecule has 0 bridgehead atoms. The molecule has 0 spiro atoms. The molecule has 0 aromatic carbocycles. The molecule has 0 aliphatic heterocycles. The van der Waals surface area contributed by atoms with Crippen molar-refractivity contribution in [3.8, 4) is 0 Å². The molecule has 0 aromatic rings. The van der Waals surface area contributed by atoms with Crippen molar-refractivity contribution in [2.24, 2.45) is 0 Å². The summed E-state index contributed by atoms with van der Waals surface area (Å²) in [6.07, 6.45) is 0. The van der Waals surface area contributed by atoms with Crippen LogP contribution < -0.4 is 0 Å². The highest BCUT2D eigenvalue weighted by Crippen LogP contribution is 1.92. The van der Waals surface area contributed by atoms with Crippen molar-refractivity contribution in [1.29, 1.82) is 0 Å². The highest BCUT2D eigenvalue weighted by atomic mass is 35.5. The molecule has 0 radical (unpaired) electrons. The van der Waals surface area contributed by atoms with Crippen LogP contribution >= 0.6 is 37.2 Å². The first-order valence-electron chi connectivity index (χ1n) is 5.06. The monoisotopic (exact) mass is 314 g/mol. The Bertz CT molecular complexity index is 141. The summed E-state index contributed by atoms with van der Waals surface area (Å²) in [6.45, 7) is 3.23. The van der Waals surface area contributed by atoms with E-state index in [0.717, 1.165) is 22.1 Å². The minimum absolute atomic E-state index is 0. The molecular formula is C10H29Cl3N2O2+2. The maximum Gasteiger partial charge on any atom is 0.131 e. The number of halogens is 3. The zero-order valence-corrected chi connectivity index (χ0v) is 14.2. The largest absolute Gasteiger partial charge is 0.329 e. The molecule has 0 heterocycles. The first-order valence-corrected chi connectivity index (χ1v) is 5.06. The highest BCUT2D eigenvalue weighted by Gasteiger charge is 2.08. The van der Waals surface area contributed by atoms with E-state index >= 15 is 0 Å². The highest BCUT2D eigenvalue weighted by molar-refractivity contribution is 5.86. The SMILES string of the molecule is C[N+](C)(C)CCOOCC[N+](C)(C)C.Cl.Cl.Cl. The van der Waals surface area contributed by atoms with Crippen LogP contribution in [0.25, 0.3) is 0 Å². The molecule has 4 nitrogen and oxygen atoms in total. The van der Waals surface area contributed by atoms with E-state index in [9.17, 15) is 0 Å². The van der Waals surface area contributed by atoms with Crippen molar-refractivity contribution in [2.45, 2.75) is 0 Å². The van der Waals surface area contributed by atoms with E-state index in [2.05, 4.69) is 42.3 Å². The van der Waals surface area contributed by atoms with Gasteiger partial charge in [-0.15, -0.1) is 37.2 Å². The molecule has 0 amide bonds. The number of likely N-dealkylation sites (N-methyl/N-ethyl adjacent to an activating group) is 2. The third kappa shape index (κ3) is 26.4. The summed E-state index contributed by atoms with van der Waals surface area (Å²) in [6, 6.07) is 0. The Hall–Kier alpha value is 0.710. The van der Waals surface area contributed by atoms with Gasteiger partial charge in [-0.1, -0.05) is 0 Å². The fourth-order valence-electron chi connectivity index (χ4n) is 0.740. The molecule has 0 aromatic heterocycles. The van der Waals surface area contributed by atoms with Crippen LogP contribution in [0, 0.1) is 0 Å². The van der Waals surface area contributed by atoms with Crippen LogP contribution in [0.2, 0.25) is 0 Å². The van der Waals surface area contributed by atoms with Crippen molar-refractivity contribution in [3.63, 3.8) is 0 Å². The lowest BCUT2D eigenvalue weighted by molar-refractivity contribution is -0.874. The molecule has 0 rings (SSSR count). The average molecular weight is 316 g/mol. The van der Waals surface area contributed by atoms with Crippen LogP contribution in [-0.4, -0.2) is 77.6 Å². The van der Waals surface area contributed by atoms with Gasteiger partial charge in [-0.3, -0.25) is 0 Å². The Balaban J connectivity index is -0.000000282. The molecular weight excluding hydrogens is 286 g/mol. The van der Waals surface area contributed by atoms with Gasteiger partial charge in [-0.25, -0.2) is 9.78 Å². The second-order valence-corrected chi connectivity index (χ2v) is 5.67. The third-order valence-corrected chi connectivity index (χ3v) is 1.77. The molecule has 0 saturated carbocycles. The normalized spacial score (nSPS) is 10.9. The second kappa shape index (κ2) is 11.8. The number of rotatable bonds is 7. The number of quaternary nitrogens is 2. The zero-order valence-electron chi connectivity index (χ0n) is 11.8. The van der Waals surface area contributed by atoms with E-state index in [0.29, 0.717) is 13.2 Å². The van der Waals surface area contributed by atoms with Gasteiger partial charge in [-0.05, 0) is 0 Å². The van der Waals surface area contributed by atoms with Gasteiger partial charge >= 0.3 is 0 Å². The lowest BCUT2D eigenvalue weighted by atomic mass is 10.5. The number of hydrogen-bond donors (Lipinski definition) is 0. The third-order valence-electron chi connectivity index (χ3n) is 1.77. The van der Waals surface area contributed by atoms with Gasteiger partial charge in [0, 0.05) is 0 Å². The molecule has 0 aliphatic carbocycles. The van der Waals surface area contributed by atoms with Crippen LogP contribution in [0.15, 0.2) is 0 Å².